The Hall–Kier alpha value is -3.31. The summed E-state index contributed by atoms with van der Waals surface area (Å²) in [6, 6.07) is 10.4. The molecule has 0 aromatic heterocycles. The first-order chi connectivity index (χ1) is 15.2. The molecule has 32 heavy (non-hydrogen) atoms. The summed E-state index contributed by atoms with van der Waals surface area (Å²) in [5.74, 6) is -2.54. The molecule has 2 aromatic rings. The lowest BCUT2D eigenvalue weighted by Gasteiger charge is -2.15. The largest absolute Gasteiger partial charge is 0.478 e. The Morgan fingerprint density at radius 2 is 2.00 bits per heavy atom. The van der Waals surface area contributed by atoms with E-state index in [1.165, 1.54) is 36.4 Å². The first-order valence-corrected chi connectivity index (χ1v) is 10.3. The average molecular weight is 478 g/mol. The van der Waals surface area contributed by atoms with E-state index in [-0.39, 0.29) is 31.8 Å². The number of rotatable bonds is 7. The third kappa shape index (κ3) is 5.48. The summed E-state index contributed by atoms with van der Waals surface area (Å²) in [6.07, 6.45) is 1.36. The zero-order valence-electron chi connectivity index (χ0n) is 16.5. The minimum Gasteiger partial charge on any atom is -0.478 e. The Bertz CT molecular complexity index is 1140. The molecular weight excluding hydrogens is 462 g/mol. The number of nitrogens with one attached hydrogen (secondary N) is 1. The van der Waals surface area contributed by atoms with Gasteiger partial charge in [0, 0.05) is 5.56 Å². The van der Waals surface area contributed by atoms with Crippen molar-refractivity contribution in [3.63, 3.8) is 0 Å². The summed E-state index contributed by atoms with van der Waals surface area (Å²) >= 11 is 6.10. The highest BCUT2D eigenvalue weighted by atomic mass is 32.2. The van der Waals surface area contributed by atoms with E-state index < -0.39 is 30.9 Å². The van der Waals surface area contributed by atoms with Crippen LogP contribution in [0.15, 0.2) is 47.4 Å². The molecule has 11 heteroatoms. The first kappa shape index (κ1) is 23.4. The molecule has 0 atom stereocenters. The molecule has 1 heterocycles. The monoisotopic (exact) mass is 478 g/mol. The van der Waals surface area contributed by atoms with Crippen molar-refractivity contribution in [2.45, 2.75) is 13.5 Å². The van der Waals surface area contributed by atoms with E-state index in [0.29, 0.717) is 0 Å². The van der Waals surface area contributed by atoms with Crippen LogP contribution in [0.5, 0.6) is 5.75 Å². The Kier molecular flexibility index (Phi) is 7.21. The van der Waals surface area contributed by atoms with Gasteiger partial charge in [-0.15, -0.1) is 0 Å². The highest BCUT2D eigenvalue weighted by molar-refractivity contribution is 8.26. The molecule has 3 rings (SSSR count). The zero-order valence-corrected chi connectivity index (χ0v) is 18.1. The summed E-state index contributed by atoms with van der Waals surface area (Å²) in [7, 11) is 0. The number of aromatic carboxylic acids is 1. The highest BCUT2D eigenvalue weighted by Gasteiger charge is 2.33. The van der Waals surface area contributed by atoms with Crippen LogP contribution in [0.2, 0.25) is 0 Å². The van der Waals surface area contributed by atoms with E-state index in [4.69, 9.17) is 12.2 Å². The number of aryl methyl sites for hydroxylation is 1. The number of amides is 2. The number of halogens is 2. The Morgan fingerprint density at radius 1 is 1.28 bits per heavy atom. The second-order valence-electron chi connectivity index (χ2n) is 6.59. The lowest BCUT2D eigenvalue weighted by Crippen LogP contribution is -2.36. The number of thiocarbonyl (C=S) groups is 1. The number of carboxylic acids is 1. The fraction of sp³-hybridized carbons (Fsp3) is 0.143. The molecule has 0 aliphatic carbocycles. The molecule has 0 spiro atoms. The normalized spacial score (nSPS) is 14.9. The molecule has 0 unspecified atom stereocenters. The molecule has 7 nitrogen and oxygen atoms in total. The van der Waals surface area contributed by atoms with Crippen LogP contribution < -0.4 is 10.1 Å². The second kappa shape index (κ2) is 9.88. The van der Waals surface area contributed by atoms with Crippen LogP contribution in [0.3, 0.4) is 0 Å². The number of nitrogens with zero attached hydrogens (tertiary/aromatic N) is 1. The molecule has 166 valence electrons. The van der Waals surface area contributed by atoms with Gasteiger partial charge in [0.1, 0.15) is 16.6 Å². The lowest BCUT2D eigenvalue weighted by atomic mass is 10.1. The van der Waals surface area contributed by atoms with Gasteiger partial charge < -0.3 is 15.2 Å². The SMILES string of the molecule is Cc1ccc(C(=O)O)c(NC(=O)CN2C(=O)/C(=C/c3ccccc3OC(F)F)SC2=S)c1. The van der Waals surface area contributed by atoms with Gasteiger partial charge in [0.05, 0.1) is 16.2 Å². The molecule has 0 radical (unpaired) electrons. The van der Waals surface area contributed by atoms with E-state index >= 15 is 0 Å². The van der Waals surface area contributed by atoms with Crippen LogP contribution in [0, 0.1) is 6.92 Å². The van der Waals surface area contributed by atoms with Gasteiger partial charge >= 0.3 is 12.6 Å². The van der Waals surface area contributed by atoms with Gasteiger partial charge in [0.25, 0.3) is 5.91 Å². The average Bonchev–Trinajstić information content (AvgIpc) is 2.96. The number of alkyl halides is 2. The molecule has 1 saturated heterocycles. The van der Waals surface area contributed by atoms with Crippen molar-refractivity contribution in [2.75, 3.05) is 11.9 Å². The smallest absolute Gasteiger partial charge is 0.387 e. The number of ether oxygens (including phenoxy) is 1. The van der Waals surface area contributed by atoms with Crippen molar-refractivity contribution in [3.05, 3.63) is 64.1 Å². The van der Waals surface area contributed by atoms with Crippen molar-refractivity contribution in [3.8, 4) is 5.75 Å². The fourth-order valence-electron chi connectivity index (χ4n) is 2.86. The molecule has 0 bridgehead atoms. The van der Waals surface area contributed by atoms with E-state index in [2.05, 4.69) is 10.1 Å². The van der Waals surface area contributed by atoms with Crippen molar-refractivity contribution < 1.29 is 33.0 Å². The van der Waals surface area contributed by atoms with Crippen molar-refractivity contribution >= 4 is 57.8 Å². The summed E-state index contributed by atoms with van der Waals surface area (Å²) in [6.45, 7) is -1.73. The molecular formula is C21H16F2N2O5S2. The quantitative estimate of drug-likeness (QED) is 0.456. The highest BCUT2D eigenvalue weighted by Crippen LogP contribution is 2.34. The minimum absolute atomic E-state index is 0.0927. The molecule has 1 fully saturated rings. The molecule has 1 aliphatic rings. The Labute approximate surface area is 191 Å². The Balaban J connectivity index is 1.76. The van der Waals surface area contributed by atoms with Gasteiger partial charge in [0.2, 0.25) is 5.91 Å². The fourth-order valence-corrected chi connectivity index (χ4v) is 4.11. The van der Waals surface area contributed by atoms with Crippen molar-refractivity contribution in [1.29, 1.82) is 0 Å². The molecule has 2 aromatic carbocycles. The van der Waals surface area contributed by atoms with Gasteiger partial charge in [-0.25, -0.2) is 4.79 Å². The van der Waals surface area contributed by atoms with Gasteiger partial charge in [0.15, 0.2) is 0 Å². The van der Waals surface area contributed by atoms with Crippen LogP contribution in [0.1, 0.15) is 21.5 Å². The number of hydrogen-bond donors (Lipinski definition) is 2. The maximum atomic E-state index is 12.8. The summed E-state index contributed by atoms with van der Waals surface area (Å²) in [5, 5.41) is 11.8. The van der Waals surface area contributed by atoms with Crippen LogP contribution in [-0.4, -0.2) is 45.3 Å². The summed E-state index contributed by atoms with van der Waals surface area (Å²) in [4.78, 5) is 37.8. The molecule has 2 N–H and O–H groups in total. The number of hydrogen-bond acceptors (Lipinski definition) is 6. The van der Waals surface area contributed by atoms with Gasteiger partial charge in [-0.3, -0.25) is 14.5 Å². The second-order valence-corrected chi connectivity index (χ2v) is 8.26. The summed E-state index contributed by atoms with van der Waals surface area (Å²) < 4.78 is 29.8. The number of carbonyl (C=O) groups excluding carboxylic acids is 2. The molecule has 0 saturated carbocycles. The molecule has 1 aliphatic heterocycles. The lowest BCUT2D eigenvalue weighted by molar-refractivity contribution is -0.126. The van der Waals surface area contributed by atoms with Crippen LogP contribution in [0.4, 0.5) is 14.5 Å². The zero-order chi connectivity index (χ0) is 23.4. The maximum Gasteiger partial charge on any atom is 0.387 e. The number of anilines is 1. The van der Waals surface area contributed by atoms with Crippen LogP contribution in [0.25, 0.3) is 6.08 Å². The third-order valence-electron chi connectivity index (χ3n) is 4.28. The predicted molar refractivity (Wildman–Crippen MR) is 120 cm³/mol. The number of para-hydroxylation sites is 1. The van der Waals surface area contributed by atoms with E-state index in [0.717, 1.165) is 22.2 Å². The Morgan fingerprint density at radius 3 is 2.69 bits per heavy atom. The number of carbonyl (C=O) groups is 3. The van der Waals surface area contributed by atoms with Crippen molar-refractivity contribution in [2.24, 2.45) is 0 Å². The van der Waals surface area contributed by atoms with E-state index in [9.17, 15) is 28.3 Å². The van der Waals surface area contributed by atoms with E-state index in [1.54, 1.807) is 19.1 Å². The first-order valence-electron chi connectivity index (χ1n) is 9.08. The van der Waals surface area contributed by atoms with Gasteiger partial charge in [-0.2, -0.15) is 8.78 Å². The topological polar surface area (TPSA) is 95.9 Å². The standard InChI is InChI=1S/C21H16F2N2O5S2/c1-11-6-7-13(19(28)29)14(8-11)24-17(26)10-25-18(27)16(32-21(25)31)9-12-4-2-3-5-15(12)30-20(22)23/h2-9,20H,10H2,1H3,(H,24,26)(H,28,29)/b16-9-. The van der Waals surface area contributed by atoms with Crippen LogP contribution >= 0.6 is 24.0 Å². The number of carboxylic acid groups (broad SMARTS) is 1. The number of thioether (sulfide) groups is 1. The maximum absolute atomic E-state index is 12.8. The molecule has 2 amide bonds. The predicted octanol–water partition coefficient (Wildman–Crippen LogP) is 4.13. The van der Waals surface area contributed by atoms with E-state index in [1.807, 2.05) is 0 Å². The third-order valence-corrected chi connectivity index (χ3v) is 5.65. The number of benzene rings is 2. The van der Waals surface area contributed by atoms with Crippen LogP contribution in [-0.2, 0) is 9.59 Å². The van der Waals surface area contributed by atoms with Gasteiger partial charge in [-0.05, 0) is 36.8 Å². The van der Waals surface area contributed by atoms with Gasteiger partial charge in [-0.1, -0.05) is 48.2 Å². The summed E-state index contributed by atoms with van der Waals surface area (Å²) in [5.41, 5.74) is 0.999. The van der Waals surface area contributed by atoms with Crippen molar-refractivity contribution in [1.82, 2.24) is 4.90 Å². The minimum atomic E-state index is -3.03.